The van der Waals surface area contributed by atoms with Gasteiger partial charge in [-0.15, -0.1) is 11.6 Å². The Morgan fingerprint density at radius 3 is 2.27 bits per heavy atom. The molecule has 0 aliphatic rings. The summed E-state index contributed by atoms with van der Waals surface area (Å²) in [5.41, 5.74) is 10.5. The molecule has 7 nitrogen and oxygen atoms in total. The smallest absolute Gasteiger partial charge is 0.242 e. The third-order valence-electron chi connectivity index (χ3n) is 3.09. The summed E-state index contributed by atoms with van der Waals surface area (Å²) < 4.78 is 0. The van der Waals surface area contributed by atoms with E-state index in [-0.39, 0.29) is 18.7 Å². The van der Waals surface area contributed by atoms with Gasteiger partial charge in [0.25, 0.3) is 0 Å². The molecule has 0 aromatic heterocycles. The standard InChI is InChI=1S/C14H27ClN4O3/c1-10(16)13(21)19-11(6-7-12(17)20)14(22)18-9-5-3-2-4-8-15/h10-11H,2-9,16H2,1H3,(H2,17,20)(H,18,22)(H,19,21)/t10-,11+/m1/s1. The average Bonchev–Trinajstić information content (AvgIpc) is 2.46. The number of nitrogens with two attached hydrogens (primary N) is 2. The molecule has 0 fully saturated rings. The van der Waals surface area contributed by atoms with Crippen LogP contribution in [0.15, 0.2) is 0 Å². The summed E-state index contributed by atoms with van der Waals surface area (Å²) in [6.07, 6.45) is 3.98. The predicted octanol–water partition coefficient (Wildman–Crippen LogP) is -0.000700. The minimum atomic E-state index is -0.797. The molecule has 22 heavy (non-hydrogen) atoms. The van der Waals surface area contributed by atoms with E-state index < -0.39 is 23.9 Å². The van der Waals surface area contributed by atoms with Gasteiger partial charge in [-0.3, -0.25) is 14.4 Å². The molecule has 6 N–H and O–H groups in total. The largest absolute Gasteiger partial charge is 0.370 e. The van der Waals surface area contributed by atoms with Crippen LogP contribution in [-0.2, 0) is 14.4 Å². The van der Waals surface area contributed by atoms with Crippen molar-refractivity contribution in [1.29, 1.82) is 0 Å². The van der Waals surface area contributed by atoms with E-state index in [1.165, 1.54) is 6.92 Å². The maximum absolute atomic E-state index is 12.1. The Morgan fingerprint density at radius 1 is 1.09 bits per heavy atom. The van der Waals surface area contributed by atoms with E-state index in [0.29, 0.717) is 12.4 Å². The molecule has 0 saturated carbocycles. The fourth-order valence-corrected chi connectivity index (χ4v) is 1.96. The summed E-state index contributed by atoms with van der Waals surface area (Å²) in [6, 6.07) is -1.52. The molecule has 128 valence electrons. The number of hydrogen-bond donors (Lipinski definition) is 4. The van der Waals surface area contributed by atoms with Crippen LogP contribution in [0.1, 0.15) is 45.4 Å². The summed E-state index contributed by atoms with van der Waals surface area (Å²) in [5, 5.41) is 5.28. The molecule has 0 spiro atoms. The highest BCUT2D eigenvalue weighted by Gasteiger charge is 2.22. The second-order valence-corrected chi connectivity index (χ2v) is 5.63. The number of nitrogens with one attached hydrogen (secondary N) is 2. The minimum Gasteiger partial charge on any atom is -0.370 e. The molecular formula is C14H27ClN4O3. The van der Waals surface area contributed by atoms with Gasteiger partial charge < -0.3 is 22.1 Å². The zero-order chi connectivity index (χ0) is 17.0. The number of hydrogen-bond acceptors (Lipinski definition) is 4. The van der Waals surface area contributed by atoms with Crippen molar-refractivity contribution in [2.75, 3.05) is 12.4 Å². The molecule has 0 rings (SSSR count). The van der Waals surface area contributed by atoms with Gasteiger partial charge >= 0.3 is 0 Å². The molecule has 0 aliphatic heterocycles. The van der Waals surface area contributed by atoms with Crippen molar-refractivity contribution in [2.24, 2.45) is 11.5 Å². The van der Waals surface area contributed by atoms with Gasteiger partial charge in [0, 0.05) is 18.8 Å². The molecule has 0 saturated heterocycles. The van der Waals surface area contributed by atoms with Crippen LogP contribution in [-0.4, -0.2) is 42.2 Å². The van der Waals surface area contributed by atoms with Crippen LogP contribution in [0.5, 0.6) is 0 Å². The number of rotatable bonds is 12. The molecule has 3 amide bonds. The van der Waals surface area contributed by atoms with Gasteiger partial charge in [-0.05, 0) is 26.2 Å². The number of carbonyl (C=O) groups is 3. The maximum atomic E-state index is 12.1. The quantitative estimate of drug-likeness (QED) is 0.296. The molecule has 2 atom stereocenters. The van der Waals surface area contributed by atoms with Crippen molar-refractivity contribution >= 4 is 29.3 Å². The van der Waals surface area contributed by atoms with Crippen molar-refractivity contribution in [2.45, 2.75) is 57.5 Å². The fraction of sp³-hybridized carbons (Fsp3) is 0.786. The van der Waals surface area contributed by atoms with E-state index in [1.807, 2.05) is 0 Å². The highest BCUT2D eigenvalue weighted by molar-refractivity contribution is 6.17. The number of halogens is 1. The van der Waals surface area contributed by atoms with Crippen molar-refractivity contribution in [3.8, 4) is 0 Å². The average molecular weight is 335 g/mol. The van der Waals surface area contributed by atoms with Crippen LogP contribution < -0.4 is 22.1 Å². The van der Waals surface area contributed by atoms with Gasteiger partial charge in [0.15, 0.2) is 0 Å². The van der Waals surface area contributed by atoms with Crippen molar-refractivity contribution in [3.63, 3.8) is 0 Å². The molecular weight excluding hydrogens is 308 g/mol. The molecule has 8 heteroatoms. The fourth-order valence-electron chi connectivity index (χ4n) is 1.77. The highest BCUT2D eigenvalue weighted by Crippen LogP contribution is 2.01. The first-order valence-corrected chi connectivity index (χ1v) is 8.09. The maximum Gasteiger partial charge on any atom is 0.242 e. The SMILES string of the molecule is C[C@@H](N)C(=O)N[C@@H](CCC(N)=O)C(=O)NCCCCCCCl. The molecule has 0 aliphatic carbocycles. The summed E-state index contributed by atoms with van der Waals surface area (Å²) >= 11 is 5.58. The van der Waals surface area contributed by atoms with E-state index in [2.05, 4.69) is 10.6 Å². The van der Waals surface area contributed by atoms with Gasteiger partial charge in [0.1, 0.15) is 6.04 Å². The van der Waals surface area contributed by atoms with Crippen LogP contribution >= 0.6 is 11.6 Å². The van der Waals surface area contributed by atoms with Gasteiger partial charge in [-0.1, -0.05) is 12.8 Å². The normalized spacial score (nSPS) is 13.2. The lowest BCUT2D eigenvalue weighted by Crippen LogP contribution is -2.51. The second kappa shape index (κ2) is 12.2. The number of primary amides is 1. The summed E-state index contributed by atoms with van der Waals surface area (Å²) in [7, 11) is 0. The van der Waals surface area contributed by atoms with Gasteiger partial charge in [-0.25, -0.2) is 0 Å². The molecule has 0 aromatic carbocycles. The van der Waals surface area contributed by atoms with Crippen molar-refractivity contribution in [3.05, 3.63) is 0 Å². The van der Waals surface area contributed by atoms with Crippen LogP contribution in [0.25, 0.3) is 0 Å². The van der Waals surface area contributed by atoms with E-state index in [9.17, 15) is 14.4 Å². The molecule has 0 radical (unpaired) electrons. The van der Waals surface area contributed by atoms with Crippen molar-refractivity contribution in [1.82, 2.24) is 10.6 Å². The van der Waals surface area contributed by atoms with Crippen LogP contribution in [0, 0.1) is 0 Å². The Bertz CT molecular complexity index is 364. The molecule has 0 aromatic rings. The highest BCUT2D eigenvalue weighted by atomic mass is 35.5. The topological polar surface area (TPSA) is 127 Å². The first-order valence-electron chi connectivity index (χ1n) is 7.56. The Labute approximate surface area is 136 Å². The second-order valence-electron chi connectivity index (χ2n) is 5.25. The zero-order valence-electron chi connectivity index (χ0n) is 13.1. The Balaban J connectivity index is 4.24. The van der Waals surface area contributed by atoms with E-state index in [4.69, 9.17) is 23.1 Å². The number of unbranched alkanes of at least 4 members (excludes halogenated alkanes) is 3. The van der Waals surface area contributed by atoms with Crippen molar-refractivity contribution < 1.29 is 14.4 Å². The van der Waals surface area contributed by atoms with Gasteiger partial charge in [0.2, 0.25) is 17.7 Å². The van der Waals surface area contributed by atoms with Gasteiger partial charge in [-0.2, -0.15) is 0 Å². The minimum absolute atomic E-state index is 0.0209. The van der Waals surface area contributed by atoms with E-state index in [0.717, 1.165) is 25.7 Å². The first kappa shape index (κ1) is 20.7. The Hall–Kier alpha value is -1.34. The van der Waals surface area contributed by atoms with Crippen LogP contribution in [0.3, 0.4) is 0 Å². The number of amides is 3. The molecule has 0 unspecified atom stereocenters. The Kier molecular flexibility index (Phi) is 11.5. The number of alkyl halides is 1. The number of carbonyl (C=O) groups excluding carboxylic acids is 3. The first-order chi connectivity index (χ1) is 10.4. The zero-order valence-corrected chi connectivity index (χ0v) is 13.8. The summed E-state index contributed by atoms with van der Waals surface area (Å²) in [4.78, 5) is 34.5. The van der Waals surface area contributed by atoms with Crippen LogP contribution in [0.4, 0.5) is 0 Å². The van der Waals surface area contributed by atoms with E-state index in [1.54, 1.807) is 0 Å². The van der Waals surface area contributed by atoms with Gasteiger partial charge in [0.05, 0.1) is 6.04 Å². The lowest BCUT2D eigenvalue weighted by molar-refractivity contribution is -0.130. The Morgan fingerprint density at radius 2 is 1.73 bits per heavy atom. The molecule has 0 heterocycles. The lowest BCUT2D eigenvalue weighted by Gasteiger charge is -2.19. The van der Waals surface area contributed by atoms with Crippen LogP contribution in [0.2, 0.25) is 0 Å². The third kappa shape index (κ3) is 10.4. The predicted molar refractivity (Wildman–Crippen MR) is 86.2 cm³/mol. The van der Waals surface area contributed by atoms with E-state index >= 15 is 0 Å². The third-order valence-corrected chi connectivity index (χ3v) is 3.35. The molecule has 0 bridgehead atoms. The monoisotopic (exact) mass is 334 g/mol. The summed E-state index contributed by atoms with van der Waals surface area (Å²) in [6.45, 7) is 2.04. The lowest BCUT2D eigenvalue weighted by atomic mass is 10.1. The summed E-state index contributed by atoms with van der Waals surface area (Å²) in [5.74, 6) is -0.640.